The van der Waals surface area contributed by atoms with Gasteiger partial charge in [0.15, 0.2) is 9.84 Å². The molecule has 0 fully saturated rings. The molecule has 25 heavy (non-hydrogen) atoms. The van der Waals surface area contributed by atoms with Crippen molar-refractivity contribution < 1.29 is 22.7 Å². The first kappa shape index (κ1) is 17.0. The first-order chi connectivity index (χ1) is 11.9. The molecular weight excluding hydrogens is 340 g/mol. The number of sulfone groups is 1. The molecule has 0 radical (unpaired) electrons. The molecule has 1 heterocycles. The van der Waals surface area contributed by atoms with E-state index < -0.39 is 15.8 Å². The highest BCUT2D eigenvalue weighted by Gasteiger charge is 2.23. The summed E-state index contributed by atoms with van der Waals surface area (Å²) >= 11 is 0. The number of hydrogen-bond acceptors (Lipinski definition) is 4. The van der Waals surface area contributed by atoms with Crippen molar-refractivity contribution >= 4 is 15.8 Å². The monoisotopic (exact) mass is 356 g/mol. The van der Waals surface area contributed by atoms with Crippen LogP contribution < -0.4 is 0 Å². The number of carboxylic acids is 1. The van der Waals surface area contributed by atoms with Crippen molar-refractivity contribution in [1.29, 1.82) is 0 Å². The maximum atomic E-state index is 12.6. The summed E-state index contributed by atoms with van der Waals surface area (Å²) in [6.45, 7) is 1.67. The van der Waals surface area contributed by atoms with Crippen LogP contribution in [0.3, 0.4) is 0 Å². The van der Waals surface area contributed by atoms with E-state index in [1.54, 1.807) is 43.3 Å². The Morgan fingerprint density at radius 1 is 1.08 bits per heavy atom. The van der Waals surface area contributed by atoms with Crippen molar-refractivity contribution in [3.8, 4) is 11.1 Å². The van der Waals surface area contributed by atoms with Crippen LogP contribution in [0.15, 0.2) is 70.4 Å². The standard InChI is InChI=1S/C19H16O5S/c1-13-17(14-9-10-24-11-14)8-7-15(18(13)19(20)21)12-25(22,23)16-5-3-2-4-6-16/h2-11H,12H2,1H3,(H,20,21). The number of furan rings is 1. The van der Waals surface area contributed by atoms with Gasteiger partial charge in [0.1, 0.15) is 0 Å². The van der Waals surface area contributed by atoms with Gasteiger partial charge in [-0.05, 0) is 41.8 Å². The van der Waals surface area contributed by atoms with Gasteiger partial charge in [0.25, 0.3) is 0 Å². The van der Waals surface area contributed by atoms with Crippen molar-refractivity contribution in [3.05, 3.63) is 77.7 Å². The third-order valence-electron chi connectivity index (χ3n) is 4.05. The minimum absolute atomic E-state index is 0.0122. The van der Waals surface area contributed by atoms with E-state index in [4.69, 9.17) is 4.42 Å². The maximum absolute atomic E-state index is 12.6. The minimum atomic E-state index is -3.63. The number of benzene rings is 2. The van der Waals surface area contributed by atoms with E-state index in [0.29, 0.717) is 11.1 Å². The van der Waals surface area contributed by atoms with E-state index in [1.165, 1.54) is 24.7 Å². The van der Waals surface area contributed by atoms with E-state index in [9.17, 15) is 18.3 Å². The lowest BCUT2D eigenvalue weighted by Crippen LogP contribution is -2.12. The summed E-state index contributed by atoms with van der Waals surface area (Å²) in [7, 11) is -3.63. The number of aromatic carboxylic acids is 1. The van der Waals surface area contributed by atoms with Crippen molar-refractivity contribution in [2.45, 2.75) is 17.6 Å². The molecule has 6 heteroatoms. The smallest absolute Gasteiger partial charge is 0.336 e. The molecular formula is C19H16O5S. The molecule has 2 aromatic carbocycles. The first-order valence-electron chi connectivity index (χ1n) is 7.56. The van der Waals surface area contributed by atoms with Crippen LogP contribution in [0.1, 0.15) is 21.5 Å². The lowest BCUT2D eigenvalue weighted by Gasteiger charge is -2.13. The van der Waals surface area contributed by atoms with Crippen LogP contribution >= 0.6 is 0 Å². The highest BCUT2D eigenvalue weighted by Crippen LogP contribution is 2.30. The summed E-state index contributed by atoms with van der Waals surface area (Å²) in [5.41, 5.74) is 2.23. The third kappa shape index (κ3) is 3.34. The fourth-order valence-corrected chi connectivity index (χ4v) is 4.22. The largest absolute Gasteiger partial charge is 0.478 e. The SMILES string of the molecule is Cc1c(-c2ccoc2)ccc(CS(=O)(=O)c2ccccc2)c1C(=O)O. The second-order valence-corrected chi connectivity index (χ2v) is 7.65. The van der Waals surface area contributed by atoms with Gasteiger partial charge in [-0.15, -0.1) is 0 Å². The molecule has 128 valence electrons. The highest BCUT2D eigenvalue weighted by molar-refractivity contribution is 7.90. The van der Waals surface area contributed by atoms with E-state index in [2.05, 4.69) is 0 Å². The molecule has 0 aliphatic heterocycles. The second kappa shape index (κ2) is 6.57. The van der Waals surface area contributed by atoms with Crippen molar-refractivity contribution in [3.63, 3.8) is 0 Å². The molecule has 0 saturated heterocycles. The van der Waals surface area contributed by atoms with Crippen molar-refractivity contribution in [2.24, 2.45) is 0 Å². The lowest BCUT2D eigenvalue weighted by molar-refractivity contribution is 0.0695. The highest BCUT2D eigenvalue weighted by atomic mass is 32.2. The Bertz CT molecular complexity index is 1000. The van der Waals surface area contributed by atoms with Crippen LogP contribution in [0.25, 0.3) is 11.1 Å². The normalized spacial score (nSPS) is 11.4. The van der Waals surface area contributed by atoms with Gasteiger partial charge in [0, 0.05) is 5.56 Å². The molecule has 0 spiro atoms. The van der Waals surface area contributed by atoms with Crippen LogP contribution in [0.4, 0.5) is 0 Å². The third-order valence-corrected chi connectivity index (χ3v) is 5.73. The van der Waals surface area contributed by atoms with E-state index in [0.717, 1.165) is 5.56 Å². The molecule has 0 saturated carbocycles. The predicted molar refractivity (Wildman–Crippen MR) is 93.2 cm³/mol. The van der Waals surface area contributed by atoms with Crippen molar-refractivity contribution in [1.82, 2.24) is 0 Å². The molecule has 0 unspecified atom stereocenters. The number of carboxylic acid groups (broad SMARTS) is 1. The van der Waals surface area contributed by atoms with Crippen LogP contribution in [0.5, 0.6) is 0 Å². The number of rotatable bonds is 5. The summed E-state index contributed by atoms with van der Waals surface area (Å²) in [6, 6.07) is 13.0. The zero-order valence-corrected chi connectivity index (χ0v) is 14.3. The van der Waals surface area contributed by atoms with Gasteiger partial charge < -0.3 is 9.52 Å². The summed E-state index contributed by atoms with van der Waals surface area (Å²) in [5, 5.41) is 9.62. The molecule has 0 amide bonds. The summed E-state index contributed by atoms with van der Waals surface area (Å²) in [5.74, 6) is -1.52. The van der Waals surface area contributed by atoms with Crippen molar-refractivity contribution in [2.75, 3.05) is 0 Å². The van der Waals surface area contributed by atoms with Gasteiger partial charge in [0.2, 0.25) is 0 Å². The molecule has 1 aromatic heterocycles. The number of hydrogen-bond donors (Lipinski definition) is 1. The number of carbonyl (C=O) groups is 1. The van der Waals surface area contributed by atoms with Gasteiger partial charge in [-0.1, -0.05) is 30.3 Å². The van der Waals surface area contributed by atoms with Crippen LogP contribution in [0, 0.1) is 6.92 Å². The Kier molecular flexibility index (Phi) is 4.46. The van der Waals surface area contributed by atoms with Crippen LogP contribution in [-0.4, -0.2) is 19.5 Å². The Morgan fingerprint density at radius 3 is 2.40 bits per heavy atom. The lowest BCUT2D eigenvalue weighted by atomic mass is 9.94. The average molecular weight is 356 g/mol. The van der Waals surface area contributed by atoms with Crippen LogP contribution in [-0.2, 0) is 15.6 Å². The zero-order chi connectivity index (χ0) is 18.0. The first-order valence-corrected chi connectivity index (χ1v) is 9.21. The van der Waals surface area contributed by atoms with Gasteiger partial charge in [0.05, 0.1) is 28.7 Å². The Hall–Kier alpha value is -2.86. The minimum Gasteiger partial charge on any atom is -0.478 e. The van der Waals surface area contributed by atoms with Gasteiger partial charge in [-0.3, -0.25) is 0 Å². The second-order valence-electron chi connectivity index (χ2n) is 5.66. The molecule has 0 atom stereocenters. The molecule has 5 nitrogen and oxygen atoms in total. The summed E-state index contributed by atoms with van der Waals surface area (Å²) in [6.07, 6.45) is 3.03. The fourth-order valence-electron chi connectivity index (χ4n) is 2.83. The Labute approximate surface area is 145 Å². The van der Waals surface area contributed by atoms with E-state index in [-0.39, 0.29) is 21.8 Å². The summed E-state index contributed by atoms with van der Waals surface area (Å²) in [4.78, 5) is 11.9. The maximum Gasteiger partial charge on any atom is 0.336 e. The van der Waals surface area contributed by atoms with E-state index >= 15 is 0 Å². The van der Waals surface area contributed by atoms with Gasteiger partial charge in [-0.25, -0.2) is 13.2 Å². The Balaban J connectivity index is 2.08. The fraction of sp³-hybridized carbons (Fsp3) is 0.105. The zero-order valence-electron chi connectivity index (χ0n) is 13.5. The molecule has 3 rings (SSSR count). The molecule has 0 bridgehead atoms. The van der Waals surface area contributed by atoms with Gasteiger partial charge >= 0.3 is 5.97 Å². The summed E-state index contributed by atoms with van der Waals surface area (Å²) < 4.78 is 30.2. The molecule has 0 aliphatic rings. The quantitative estimate of drug-likeness (QED) is 0.749. The topological polar surface area (TPSA) is 84.6 Å². The van der Waals surface area contributed by atoms with Gasteiger partial charge in [-0.2, -0.15) is 0 Å². The van der Waals surface area contributed by atoms with Crippen LogP contribution in [0.2, 0.25) is 0 Å². The van der Waals surface area contributed by atoms with E-state index in [1.807, 2.05) is 0 Å². The molecule has 3 aromatic rings. The molecule has 1 N–H and O–H groups in total. The molecule has 0 aliphatic carbocycles. The Morgan fingerprint density at radius 2 is 1.80 bits per heavy atom. The average Bonchev–Trinajstić information content (AvgIpc) is 3.09. The predicted octanol–water partition coefficient (Wildman–Crippen LogP) is 3.93.